The number of likely N-dealkylation sites (tertiary alicyclic amines) is 1. The van der Waals surface area contributed by atoms with Gasteiger partial charge in [-0.1, -0.05) is 41.9 Å². The average molecular weight is 366 g/mol. The van der Waals surface area contributed by atoms with Crippen LogP contribution in [0, 0.1) is 0 Å². The normalized spacial score (nSPS) is 18.9. The topological polar surface area (TPSA) is 15.3 Å². The van der Waals surface area contributed by atoms with Gasteiger partial charge < -0.3 is 5.32 Å². The van der Waals surface area contributed by atoms with Crippen molar-refractivity contribution in [2.75, 3.05) is 18.4 Å². The minimum Gasteiger partial charge on any atom is -0.381 e. The van der Waals surface area contributed by atoms with Crippen molar-refractivity contribution in [3.63, 3.8) is 0 Å². The Balaban J connectivity index is 1.56. The lowest BCUT2D eigenvalue weighted by molar-refractivity contribution is 0.328. The molecular weight excluding hydrogens is 348 g/mol. The third-order valence-corrected chi connectivity index (χ3v) is 5.04. The highest BCUT2D eigenvalue weighted by molar-refractivity contribution is 9.10. The second kappa shape index (κ2) is 6.82. The molecule has 0 amide bonds. The lowest BCUT2D eigenvalue weighted by Crippen LogP contribution is -2.25. The van der Waals surface area contributed by atoms with Crippen LogP contribution in [-0.4, -0.2) is 24.0 Å². The van der Waals surface area contributed by atoms with Gasteiger partial charge in [-0.05, 0) is 46.1 Å². The molecule has 0 aliphatic carbocycles. The summed E-state index contributed by atoms with van der Waals surface area (Å²) in [6.07, 6.45) is 1.17. The van der Waals surface area contributed by atoms with Gasteiger partial charge in [0.15, 0.2) is 0 Å². The van der Waals surface area contributed by atoms with Crippen LogP contribution in [0.1, 0.15) is 12.0 Å². The lowest BCUT2D eigenvalue weighted by atomic mass is 10.2. The highest BCUT2D eigenvalue weighted by atomic mass is 79.9. The Labute approximate surface area is 139 Å². The summed E-state index contributed by atoms with van der Waals surface area (Å²) in [5.41, 5.74) is 2.47. The summed E-state index contributed by atoms with van der Waals surface area (Å²) < 4.78 is 0.937. The summed E-state index contributed by atoms with van der Waals surface area (Å²) in [5, 5.41) is 4.33. The van der Waals surface area contributed by atoms with Gasteiger partial charge >= 0.3 is 0 Å². The first kappa shape index (κ1) is 14.9. The molecule has 110 valence electrons. The van der Waals surface area contributed by atoms with Crippen LogP contribution in [0.15, 0.2) is 53.0 Å². The average Bonchev–Trinajstić information content (AvgIpc) is 2.91. The molecule has 1 N–H and O–H groups in total. The second-order valence-corrected chi connectivity index (χ2v) is 6.74. The van der Waals surface area contributed by atoms with E-state index in [0.29, 0.717) is 6.04 Å². The summed E-state index contributed by atoms with van der Waals surface area (Å²) in [6.45, 7) is 3.24. The molecule has 3 rings (SSSR count). The Morgan fingerprint density at radius 1 is 1.19 bits per heavy atom. The van der Waals surface area contributed by atoms with Gasteiger partial charge in [0.05, 0.1) is 5.02 Å². The lowest BCUT2D eigenvalue weighted by Gasteiger charge is -2.17. The van der Waals surface area contributed by atoms with Crippen LogP contribution in [0.4, 0.5) is 5.69 Å². The van der Waals surface area contributed by atoms with Crippen molar-refractivity contribution in [2.24, 2.45) is 0 Å². The first-order valence-electron chi connectivity index (χ1n) is 7.18. The smallest absolute Gasteiger partial charge is 0.0568 e. The largest absolute Gasteiger partial charge is 0.381 e. The standard InChI is InChI=1S/C17H18BrClN2/c18-16-7-6-14(10-17(16)19)20-15-8-9-21(12-15)11-13-4-2-1-3-5-13/h1-7,10,15,20H,8-9,11-12H2. The van der Waals surface area contributed by atoms with Crippen molar-refractivity contribution < 1.29 is 0 Å². The fourth-order valence-electron chi connectivity index (χ4n) is 2.76. The summed E-state index contributed by atoms with van der Waals surface area (Å²) >= 11 is 9.56. The maximum absolute atomic E-state index is 6.14. The van der Waals surface area contributed by atoms with E-state index in [4.69, 9.17) is 11.6 Å². The fourth-order valence-corrected chi connectivity index (χ4v) is 3.18. The molecule has 0 aromatic heterocycles. The SMILES string of the molecule is Clc1cc(NC2CCN(Cc3ccccc3)C2)ccc1Br. The minimum absolute atomic E-state index is 0.492. The van der Waals surface area contributed by atoms with Gasteiger partial charge in [0.1, 0.15) is 0 Å². The van der Waals surface area contributed by atoms with Crippen LogP contribution in [0.5, 0.6) is 0 Å². The van der Waals surface area contributed by atoms with Crippen LogP contribution < -0.4 is 5.32 Å². The molecule has 4 heteroatoms. The summed E-state index contributed by atoms with van der Waals surface area (Å²) in [7, 11) is 0. The monoisotopic (exact) mass is 364 g/mol. The van der Waals surface area contributed by atoms with E-state index in [1.54, 1.807) is 0 Å². The summed E-state index contributed by atoms with van der Waals surface area (Å²) in [6, 6.07) is 17.2. The van der Waals surface area contributed by atoms with E-state index in [1.807, 2.05) is 12.1 Å². The van der Waals surface area contributed by atoms with E-state index in [-0.39, 0.29) is 0 Å². The molecule has 1 atom stereocenters. The van der Waals surface area contributed by atoms with E-state index >= 15 is 0 Å². The number of hydrogen-bond donors (Lipinski definition) is 1. The quantitative estimate of drug-likeness (QED) is 0.838. The third kappa shape index (κ3) is 4.00. The number of benzene rings is 2. The van der Waals surface area contributed by atoms with E-state index in [0.717, 1.165) is 34.8 Å². The molecule has 2 aromatic rings. The fraction of sp³-hybridized carbons (Fsp3) is 0.294. The first-order valence-corrected chi connectivity index (χ1v) is 8.36. The van der Waals surface area contributed by atoms with Crippen LogP contribution in [0.3, 0.4) is 0 Å². The van der Waals surface area contributed by atoms with E-state index in [9.17, 15) is 0 Å². The van der Waals surface area contributed by atoms with Crippen molar-refractivity contribution in [3.05, 3.63) is 63.6 Å². The highest BCUT2D eigenvalue weighted by Crippen LogP contribution is 2.27. The third-order valence-electron chi connectivity index (χ3n) is 3.81. The molecule has 2 aromatic carbocycles. The Kier molecular flexibility index (Phi) is 4.84. The summed E-state index contributed by atoms with van der Waals surface area (Å²) in [4.78, 5) is 2.49. The molecule has 0 radical (unpaired) electrons. The highest BCUT2D eigenvalue weighted by Gasteiger charge is 2.22. The van der Waals surface area contributed by atoms with Gasteiger partial charge in [-0.25, -0.2) is 0 Å². The van der Waals surface area contributed by atoms with Gasteiger partial charge in [0.25, 0.3) is 0 Å². The molecule has 1 aliphatic heterocycles. The predicted octanol–water partition coefficient (Wildman–Crippen LogP) is 4.79. The molecule has 2 nitrogen and oxygen atoms in total. The number of anilines is 1. The van der Waals surface area contributed by atoms with E-state index in [1.165, 1.54) is 12.0 Å². The van der Waals surface area contributed by atoms with Gasteiger partial charge in [-0.3, -0.25) is 4.90 Å². The van der Waals surface area contributed by atoms with Crippen LogP contribution in [0.2, 0.25) is 5.02 Å². The zero-order valence-electron chi connectivity index (χ0n) is 11.7. The van der Waals surface area contributed by atoms with Crippen LogP contribution in [0.25, 0.3) is 0 Å². The van der Waals surface area contributed by atoms with Crippen molar-refractivity contribution in [1.29, 1.82) is 0 Å². The number of hydrogen-bond acceptors (Lipinski definition) is 2. The number of rotatable bonds is 4. The molecular formula is C17H18BrClN2. The number of nitrogens with zero attached hydrogens (tertiary/aromatic N) is 1. The Morgan fingerprint density at radius 2 is 2.00 bits per heavy atom. The molecule has 0 bridgehead atoms. The van der Waals surface area contributed by atoms with E-state index < -0.39 is 0 Å². The number of nitrogens with one attached hydrogen (secondary N) is 1. The molecule has 21 heavy (non-hydrogen) atoms. The molecule has 1 saturated heterocycles. The maximum Gasteiger partial charge on any atom is 0.0568 e. The zero-order valence-corrected chi connectivity index (χ0v) is 14.1. The van der Waals surface area contributed by atoms with Gasteiger partial charge in [0.2, 0.25) is 0 Å². The Hall–Kier alpha value is -1.03. The first-order chi connectivity index (χ1) is 10.2. The predicted molar refractivity (Wildman–Crippen MR) is 92.9 cm³/mol. The molecule has 1 aliphatic rings. The molecule has 0 saturated carbocycles. The molecule has 1 fully saturated rings. The van der Waals surface area contributed by atoms with Crippen LogP contribution >= 0.6 is 27.5 Å². The van der Waals surface area contributed by atoms with Gasteiger partial charge in [-0.2, -0.15) is 0 Å². The van der Waals surface area contributed by atoms with Crippen molar-refractivity contribution in [3.8, 4) is 0 Å². The van der Waals surface area contributed by atoms with E-state index in [2.05, 4.69) is 62.5 Å². The van der Waals surface area contributed by atoms with Crippen molar-refractivity contribution >= 4 is 33.2 Å². The van der Waals surface area contributed by atoms with Gasteiger partial charge in [-0.15, -0.1) is 0 Å². The summed E-state index contributed by atoms with van der Waals surface area (Å²) in [5.74, 6) is 0. The number of halogens is 2. The van der Waals surface area contributed by atoms with Crippen molar-refractivity contribution in [1.82, 2.24) is 4.90 Å². The maximum atomic E-state index is 6.14. The molecule has 1 heterocycles. The Bertz CT molecular complexity index is 603. The Morgan fingerprint density at radius 3 is 2.76 bits per heavy atom. The van der Waals surface area contributed by atoms with Gasteiger partial charge in [0, 0.05) is 35.8 Å². The van der Waals surface area contributed by atoms with Crippen LogP contribution in [-0.2, 0) is 6.54 Å². The molecule has 1 unspecified atom stereocenters. The second-order valence-electron chi connectivity index (χ2n) is 5.48. The minimum atomic E-state index is 0.492. The van der Waals surface area contributed by atoms with Crippen molar-refractivity contribution in [2.45, 2.75) is 19.0 Å². The zero-order chi connectivity index (χ0) is 14.7. The molecule has 0 spiro atoms.